The molecule has 0 spiro atoms. The summed E-state index contributed by atoms with van der Waals surface area (Å²) >= 11 is 0. The summed E-state index contributed by atoms with van der Waals surface area (Å²) in [6.07, 6.45) is 5.28. The smallest absolute Gasteiger partial charge is 0.233 e. The average Bonchev–Trinajstić information content (AvgIpc) is 3.51. The fourth-order valence-corrected chi connectivity index (χ4v) is 4.92. The van der Waals surface area contributed by atoms with Crippen molar-refractivity contribution in [2.24, 2.45) is 0 Å². The molecule has 0 aliphatic carbocycles. The maximum Gasteiger partial charge on any atom is 0.233 e. The van der Waals surface area contributed by atoms with Crippen LogP contribution in [0.15, 0.2) is 85.5 Å². The van der Waals surface area contributed by atoms with Gasteiger partial charge in [-0.25, -0.2) is 14.4 Å². The van der Waals surface area contributed by atoms with Crippen LogP contribution in [0.5, 0.6) is 0 Å². The van der Waals surface area contributed by atoms with E-state index in [0.717, 1.165) is 16.8 Å². The predicted molar refractivity (Wildman–Crippen MR) is 146 cm³/mol. The number of halogens is 1. The summed E-state index contributed by atoms with van der Waals surface area (Å²) in [5.74, 6) is 0.0717. The van der Waals surface area contributed by atoms with Gasteiger partial charge in [0.2, 0.25) is 5.91 Å². The summed E-state index contributed by atoms with van der Waals surface area (Å²) in [5, 5.41) is 9.05. The number of nitrogens with zero attached hydrogens (tertiary/aromatic N) is 6. The number of nitriles is 1. The molecule has 5 aromatic rings. The fraction of sp³-hybridized carbons (Fsp3) is 0.133. The zero-order valence-corrected chi connectivity index (χ0v) is 21.0. The molecule has 0 saturated carbocycles. The SMILES string of the molecule is [B]c1ccccc1-c1cn2c(n1)CN(C(=O)Cc1cncn1Cc1ccc(C#N)cc1)c1cccc(F)c1C2. The van der Waals surface area contributed by atoms with E-state index in [-0.39, 0.29) is 31.2 Å². The molecule has 0 bridgehead atoms. The van der Waals surface area contributed by atoms with Crippen molar-refractivity contribution in [3.8, 4) is 17.3 Å². The van der Waals surface area contributed by atoms with Crippen LogP contribution in [0.4, 0.5) is 10.1 Å². The first-order chi connectivity index (χ1) is 19.0. The molecular weight excluding hydrogens is 490 g/mol. The molecule has 0 fully saturated rings. The maximum atomic E-state index is 15.1. The lowest BCUT2D eigenvalue weighted by atomic mass is 9.89. The first-order valence-corrected chi connectivity index (χ1v) is 12.5. The number of rotatable bonds is 5. The van der Waals surface area contributed by atoms with Crippen molar-refractivity contribution in [1.29, 1.82) is 5.26 Å². The van der Waals surface area contributed by atoms with Crippen LogP contribution in [0.1, 0.15) is 28.2 Å². The summed E-state index contributed by atoms with van der Waals surface area (Å²) in [6.45, 7) is 0.940. The molecule has 0 saturated heterocycles. The van der Waals surface area contributed by atoms with Crippen LogP contribution in [0.2, 0.25) is 0 Å². The number of amides is 1. The maximum absolute atomic E-state index is 15.1. The molecule has 0 N–H and O–H groups in total. The third-order valence-corrected chi connectivity index (χ3v) is 6.98. The van der Waals surface area contributed by atoms with Gasteiger partial charge in [0, 0.05) is 30.2 Å². The summed E-state index contributed by atoms with van der Waals surface area (Å²) in [6, 6.07) is 21.7. The minimum absolute atomic E-state index is 0.0748. The Morgan fingerprint density at radius 3 is 2.67 bits per heavy atom. The van der Waals surface area contributed by atoms with Gasteiger partial charge in [-0.1, -0.05) is 47.9 Å². The number of anilines is 1. The summed E-state index contributed by atoms with van der Waals surface area (Å²) < 4.78 is 18.9. The fourth-order valence-electron chi connectivity index (χ4n) is 4.92. The molecule has 3 heterocycles. The van der Waals surface area contributed by atoms with Crippen LogP contribution in [-0.4, -0.2) is 32.9 Å². The number of carbonyl (C=O) groups is 1. The first kappa shape index (κ1) is 24.4. The van der Waals surface area contributed by atoms with Crippen LogP contribution >= 0.6 is 0 Å². The van der Waals surface area contributed by atoms with Gasteiger partial charge in [-0.3, -0.25) is 4.79 Å². The Morgan fingerprint density at radius 2 is 1.87 bits per heavy atom. The minimum atomic E-state index is -0.376. The molecule has 1 aliphatic rings. The summed E-state index contributed by atoms with van der Waals surface area (Å²) in [7, 11) is 6.18. The molecule has 39 heavy (non-hydrogen) atoms. The third kappa shape index (κ3) is 4.73. The number of aromatic nitrogens is 4. The van der Waals surface area contributed by atoms with E-state index in [4.69, 9.17) is 18.1 Å². The quantitative estimate of drug-likeness (QED) is 0.336. The van der Waals surface area contributed by atoms with Gasteiger partial charge >= 0.3 is 0 Å². The Morgan fingerprint density at radius 1 is 1.05 bits per heavy atom. The van der Waals surface area contributed by atoms with Gasteiger partial charge in [0.25, 0.3) is 0 Å². The third-order valence-electron chi connectivity index (χ3n) is 6.98. The molecule has 1 aliphatic heterocycles. The number of hydrogen-bond acceptors (Lipinski definition) is 4. The number of imidazole rings is 2. The molecule has 6 rings (SSSR count). The van der Waals surface area contributed by atoms with E-state index in [9.17, 15) is 4.79 Å². The minimum Gasteiger partial charge on any atom is -0.330 e. The molecule has 0 atom stereocenters. The van der Waals surface area contributed by atoms with Crippen LogP contribution < -0.4 is 10.4 Å². The summed E-state index contributed by atoms with van der Waals surface area (Å²) in [5.41, 5.74) is 5.33. The van der Waals surface area contributed by atoms with E-state index in [0.29, 0.717) is 40.3 Å². The second-order valence-corrected chi connectivity index (χ2v) is 9.47. The molecular formula is C30H22BFN6O. The standard InChI is InChI=1S/C30H22BFN6O/c31-25-5-2-1-4-23(25)27-17-36-16-24-26(32)6-3-7-28(24)38(18-29(36)35-27)30(39)12-22-14-34-19-37(22)15-21-10-8-20(13-33)9-11-21/h1-11,14,17,19H,12,15-16,18H2. The van der Waals surface area contributed by atoms with Gasteiger partial charge in [-0.2, -0.15) is 5.26 Å². The van der Waals surface area contributed by atoms with Crippen LogP contribution in [0.25, 0.3) is 11.3 Å². The monoisotopic (exact) mass is 512 g/mol. The lowest BCUT2D eigenvalue weighted by Crippen LogP contribution is -2.33. The van der Waals surface area contributed by atoms with Gasteiger partial charge in [-0.15, -0.1) is 0 Å². The van der Waals surface area contributed by atoms with Crippen molar-refractivity contribution in [3.05, 3.63) is 119 Å². The van der Waals surface area contributed by atoms with E-state index in [1.165, 1.54) is 6.07 Å². The topological polar surface area (TPSA) is 79.7 Å². The lowest BCUT2D eigenvalue weighted by Gasteiger charge is -2.23. The van der Waals surface area contributed by atoms with Crippen LogP contribution in [0.3, 0.4) is 0 Å². The molecule has 2 aromatic heterocycles. The lowest BCUT2D eigenvalue weighted by molar-refractivity contribution is -0.118. The van der Waals surface area contributed by atoms with Gasteiger partial charge in [-0.05, 0) is 35.4 Å². The number of carbonyl (C=O) groups excluding carboxylic acids is 1. The van der Waals surface area contributed by atoms with E-state index < -0.39 is 0 Å². The van der Waals surface area contributed by atoms with E-state index >= 15 is 4.39 Å². The largest absolute Gasteiger partial charge is 0.330 e. The first-order valence-electron chi connectivity index (χ1n) is 12.5. The second-order valence-electron chi connectivity index (χ2n) is 9.47. The number of hydrogen-bond donors (Lipinski definition) is 0. The highest BCUT2D eigenvalue weighted by Gasteiger charge is 2.28. The highest BCUT2D eigenvalue weighted by atomic mass is 19.1. The Bertz CT molecular complexity index is 1730. The van der Waals surface area contributed by atoms with Crippen molar-refractivity contribution in [3.63, 3.8) is 0 Å². The number of benzene rings is 3. The Balaban J connectivity index is 1.31. The van der Waals surface area contributed by atoms with Crippen molar-refractivity contribution < 1.29 is 9.18 Å². The molecule has 188 valence electrons. The van der Waals surface area contributed by atoms with E-state index in [2.05, 4.69) is 11.1 Å². The van der Waals surface area contributed by atoms with Crippen LogP contribution in [-0.2, 0) is 30.8 Å². The van der Waals surface area contributed by atoms with E-state index in [1.54, 1.807) is 41.7 Å². The van der Waals surface area contributed by atoms with Crippen molar-refractivity contribution >= 4 is 24.9 Å². The molecule has 3 aromatic carbocycles. The highest BCUT2D eigenvalue weighted by Crippen LogP contribution is 2.31. The molecule has 0 unspecified atom stereocenters. The molecule has 1 amide bonds. The van der Waals surface area contributed by atoms with E-state index in [1.807, 2.05) is 51.7 Å². The van der Waals surface area contributed by atoms with Gasteiger partial charge in [0.1, 0.15) is 19.5 Å². The summed E-state index contributed by atoms with van der Waals surface area (Å²) in [4.78, 5) is 24.4. The predicted octanol–water partition coefficient (Wildman–Crippen LogP) is 3.74. The Labute approximate surface area is 226 Å². The van der Waals surface area contributed by atoms with Crippen molar-refractivity contribution in [2.45, 2.75) is 26.1 Å². The van der Waals surface area contributed by atoms with Gasteiger partial charge in [0.15, 0.2) is 0 Å². The zero-order valence-electron chi connectivity index (χ0n) is 21.0. The normalized spacial score (nSPS) is 12.4. The van der Waals surface area contributed by atoms with Crippen molar-refractivity contribution in [2.75, 3.05) is 4.90 Å². The van der Waals surface area contributed by atoms with Crippen molar-refractivity contribution in [1.82, 2.24) is 19.1 Å². The molecule has 2 radical (unpaired) electrons. The molecule has 7 nitrogen and oxygen atoms in total. The van der Waals surface area contributed by atoms with Crippen LogP contribution in [0, 0.1) is 17.1 Å². The highest BCUT2D eigenvalue weighted by molar-refractivity contribution is 6.35. The number of fused-ring (bicyclic) bond motifs is 2. The second kappa shape index (κ2) is 10.1. The zero-order chi connectivity index (χ0) is 26.9. The van der Waals surface area contributed by atoms with Gasteiger partial charge in [0.05, 0.1) is 48.9 Å². The Kier molecular flexibility index (Phi) is 6.29. The van der Waals surface area contributed by atoms with Gasteiger partial charge < -0.3 is 14.0 Å². The molecule has 9 heteroatoms. The average molecular weight is 512 g/mol. The Hall–Kier alpha value is -4.97.